The summed E-state index contributed by atoms with van der Waals surface area (Å²) in [5.41, 5.74) is 5.70. The number of hydrogen-bond acceptors (Lipinski definition) is 3. The third kappa shape index (κ3) is 2.74. The molecule has 3 nitrogen and oxygen atoms in total. The molecule has 2 rings (SSSR count). The lowest BCUT2D eigenvalue weighted by Crippen LogP contribution is -2.21. The average Bonchev–Trinajstić information content (AvgIpc) is 3.07. The van der Waals surface area contributed by atoms with Crippen molar-refractivity contribution in [3.8, 4) is 0 Å². The van der Waals surface area contributed by atoms with E-state index in [0.29, 0.717) is 12.5 Å². The van der Waals surface area contributed by atoms with Crippen LogP contribution in [0.2, 0.25) is 0 Å². The van der Waals surface area contributed by atoms with Crippen LogP contribution in [-0.2, 0) is 9.53 Å². The van der Waals surface area contributed by atoms with Crippen molar-refractivity contribution in [2.45, 2.75) is 32.6 Å². The van der Waals surface area contributed by atoms with Gasteiger partial charge in [-0.15, -0.1) is 0 Å². The minimum atomic E-state index is -0.358. The number of allylic oxidation sites excluding steroid dienone is 1. The first-order valence-corrected chi connectivity index (χ1v) is 5.81. The molecule has 2 fully saturated rings. The van der Waals surface area contributed by atoms with Crippen molar-refractivity contribution in [3.63, 3.8) is 0 Å². The first-order chi connectivity index (χ1) is 7.22. The Hall–Kier alpha value is -0.990. The predicted octanol–water partition coefficient (Wildman–Crippen LogP) is 1.83. The van der Waals surface area contributed by atoms with E-state index in [9.17, 15) is 4.79 Å². The first kappa shape index (κ1) is 10.5. The molecule has 2 saturated carbocycles. The van der Waals surface area contributed by atoms with Gasteiger partial charge in [0, 0.05) is 0 Å². The number of rotatable bonds is 5. The van der Waals surface area contributed by atoms with Crippen molar-refractivity contribution in [1.29, 1.82) is 0 Å². The number of carbonyl (C=O) groups is 1. The molecule has 0 heterocycles. The highest BCUT2D eigenvalue weighted by molar-refractivity contribution is 5.87. The summed E-state index contributed by atoms with van der Waals surface area (Å²) in [5, 5.41) is 0. The molecule has 15 heavy (non-hydrogen) atoms. The molecule has 0 aromatic rings. The Morgan fingerprint density at radius 1 is 1.40 bits per heavy atom. The fourth-order valence-electron chi connectivity index (χ4n) is 2.08. The van der Waals surface area contributed by atoms with Gasteiger partial charge in [-0.25, -0.2) is 4.79 Å². The van der Waals surface area contributed by atoms with Gasteiger partial charge in [0.1, 0.15) is 5.70 Å². The Balaban J connectivity index is 1.77. The standard InChI is InChI=1S/C12H19NO2/c1-2-11(13)12(14)15-7-10(8-3-4-8)9-5-6-9/h2,8-10H,3-7,13H2,1H3/b11-2-. The molecule has 0 saturated heterocycles. The highest BCUT2D eigenvalue weighted by Gasteiger charge is 2.41. The molecule has 0 amide bonds. The van der Waals surface area contributed by atoms with Crippen LogP contribution in [0.4, 0.5) is 0 Å². The maximum atomic E-state index is 11.3. The summed E-state index contributed by atoms with van der Waals surface area (Å²) in [6, 6.07) is 0. The van der Waals surface area contributed by atoms with Gasteiger partial charge in [-0.1, -0.05) is 6.08 Å². The number of nitrogens with two attached hydrogens (primary N) is 1. The summed E-state index contributed by atoms with van der Waals surface area (Å²) < 4.78 is 5.23. The molecular formula is C12H19NO2. The van der Waals surface area contributed by atoms with Crippen molar-refractivity contribution >= 4 is 5.97 Å². The van der Waals surface area contributed by atoms with Crippen LogP contribution in [0.1, 0.15) is 32.6 Å². The van der Waals surface area contributed by atoms with E-state index in [0.717, 1.165) is 11.8 Å². The van der Waals surface area contributed by atoms with E-state index in [2.05, 4.69) is 0 Å². The molecule has 0 bridgehead atoms. The molecule has 0 aromatic heterocycles. The summed E-state index contributed by atoms with van der Waals surface area (Å²) in [7, 11) is 0. The smallest absolute Gasteiger partial charge is 0.353 e. The van der Waals surface area contributed by atoms with Crippen LogP contribution in [0.3, 0.4) is 0 Å². The number of esters is 1. The Morgan fingerprint density at radius 3 is 2.33 bits per heavy atom. The van der Waals surface area contributed by atoms with Gasteiger partial charge in [-0.2, -0.15) is 0 Å². The molecule has 2 N–H and O–H groups in total. The molecule has 0 atom stereocenters. The van der Waals surface area contributed by atoms with Crippen LogP contribution < -0.4 is 5.73 Å². The second kappa shape index (κ2) is 4.25. The van der Waals surface area contributed by atoms with E-state index in [1.807, 2.05) is 0 Å². The zero-order chi connectivity index (χ0) is 10.8. The van der Waals surface area contributed by atoms with Crippen LogP contribution in [-0.4, -0.2) is 12.6 Å². The second-order valence-corrected chi connectivity index (χ2v) is 4.68. The summed E-state index contributed by atoms with van der Waals surface area (Å²) >= 11 is 0. The number of ether oxygens (including phenoxy) is 1. The van der Waals surface area contributed by atoms with Gasteiger partial charge in [0.2, 0.25) is 0 Å². The molecular weight excluding hydrogens is 190 g/mol. The summed E-state index contributed by atoms with van der Waals surface area (Å²) in [5.74, 6) is 1.89. The monoisotopic (exact) mass is 209 g/mol. The maximum Gasteiger partial charge on any atom is 0.353 e. The number of carbonyl (C=O) groups excluding carboxylic acids is 1. The van der Waals surface area contributed by atoms with E-state index in [1.54, 1.807) is 13.0 Å². The summed E-state index contributed by atoms with van der Waals surface area (Å²) in [6.45, 7) is 2.32. The third-order valence-corrected chi connectivity index (χ3v) is 3.41. The molecule has 3 heteroatoms. The predicted molar refractivity (Wildman–Crippen MR) is 57.8 cm³/mol. The van der Waals surface area contributed by atoms with Gasteiger partial charge >= 0.3 is 5.97 Å². The molecule has 84 valence electrons. The molecule has 2 aliphatic carbocycles. The second-order valence-electron chi connectivity index (χ2n) is 4.68. The summed E-state index contributed by atoms with van der Waals surface area (Å²) in [4.78, 5) is 11.3. The largest absolute Gasteiger partial charge is 0.461 e. The Kier molecular flexibility index (Phi) is 2.98. The first-order valence-electron chi connectivity index (χ1n) is 5.81. The Bertz CT molecular complexity index is 265. The Labute approximate surface area is 90.7 Å². The normalized spacial score (nSPS) is 21.9. The van der Waals surface area contributed by atoms with Crippen LogP contribution in [0.15, 0.2) is 11.8 Å². The van der Waals surface area contributed by atoms with E-state index in [1.165, 1.54) is 25.7 Å². The maximum absolute atomic E-state index is 11.3. The zero-order valence-corrected chi connectivity index (χ0v) is 9.24. The zero-order valence-electron chi connectivity index (χ0n) is 9.24. The highest BCUT2D eigenvalue weighted by Crippen LogP contribution is 2.49. The summed E-state index contributed by atoms with van der Waals surface area (Å²) in [6.07, 6.45) is 6.86. The molecule has 0 aliphatic heterocycles. The molecule has 0 aromatic carbocycles. The van der Waals surface area contributed by atoms with Gasteiger partial charge < -0.3 is 10.5 Å². The Morgan fingerprint density at radius 2 is 1.93 bits per heavy atom. The molecule has 0 spiro atoms. The van der Waals surface area contributed by atoms with Crippen molar-refractivity contribution in [3.05, 3.63) is 11.8 Å². The lowest BCUT2D eigenvalue weighted by molar-refractivity contribution is -0.140. The van der Waals surface area contributed by atoms with Gasteiger partial charge in [0.25, 0.3) is 0 Å². The van der Waals surface area contributed by atoms with Gasteiger partial charge in [0.05, 0.1) is 6.61 Å². The van der Waals surface area contributed by atoms with E-state index >= 15 is 0 Å². The van der Waals surface area contributed by atoms with E-state index < -0.39 is 0 Å². The third-order valence-electron chi connectivity index (χ3n) is 3.41. The van der Waals surface area contributed by atoms with E-state index in [4.69, 9.17) is 10.5 Å². The van der Waals surface area contributed by atoms with Crippen LogP contribution in [0.5, 0.6) is 0 Å². The van der Waals surface area contributed by atoms with Gasteiger partial charge in [-0.05, 0) is 50.4 Å². The quantitative estimate of drug-likeness (QED) is 0.555. The van der Waals surface area contributed by atoms with Crippen LogP contribution >= 0.6 is 0 Å². The number of hydrogen-bond donors (Lipinski definition) is 1. The van der Waals surface area contributed by atoms with Gasteiger partial charge in [0.15, 0.2) is 0 Å². The molecule has 2 aliphatic rings. The van der Waals surface area contributed by atoms with Crippen molar-refractivity contribution < 1.29 is 9.53 Å². The van der Waals surface area contributed by atoms with Crippen LogP contribution in [0, 0.1) is 17.8 Å². The van der Waals surface area contributed by atoms with E-state index in [-0.39, 0.29) is 11.7 Å². The molecule has 0 radical (unpaired) electrons. The molecule has 0 unspecified atom stereocenters. The minimum absolute atomic E-state index is 0.223. The SMILES string of the molecule is C/C=C(\N)C(=O)OCC(C1CC1)C1CC1. The van der Waals surface area contributed by atoms with Crippen molar-refractivity contribution in [2.24, 2.45) is 23.5 Å². The minimum Gasteiger partial charge on any atom is -0.461 e. The highest BCUT2D eigenvalue weighted by atomic mass is 16.5. The van der Waals surface area contributed by atoms with Gasteiger partial charge in [-0.3, -0.25) is 0 Å². The fraction of sp³-hybridized carbons (Fsp3) is 0.750. The van der Waals surface area contributed by atoms with Crippen LogP contribution in [0.25, 0.3) is 0 Å². The lowest BCUT2D eigenvalue weighted by atomic mass is 9.99. The van der Waals surface area contributed by atoms with Crippen molar-refractivity contribution in [1.82, 2.24) is 0 Å². The lowest BCUT2D eigenvalue weighted by Gasteiger charge is -2.15. The average molecular weight is 209 g/mol. The van der Waals surface area contributed by atoms with Crippen molar-refractivity contribution in [2.75, 3.05) is 6.61 Å². The fourth-order valence-corrected chi connectivity index (χ4v) is 2.08. The topological polar surface area (TPSA) is 52.3 Å².